The van der Waals surface area contributed by atoms with Gasteiger partial charge in [-0.25, -0.2) is 0 Å². The summed E-state index contributed by atoms with van der Waals surface area (Å²) in [7, 11) is 0. The zero-order chi connectivity index (χ0) is 9.42. The van der Waals surface area contributed by atoms with Crippen LogP contribution in [0.3, 0.4) is 0 Å². The Balaban J connectivity index is 2.95. The Kier molecular flexibility index (Phi) is 1.69. The van der Waals surface area contributed by atoms with Crippen LogP contribution >= 0.6 is 0 Å². The number of benzene rings is 1. The van der Waals surface area contributed by atoms with E-state index < -0.39 is 0 Å². The molecule has 0 saturated heterocycles. The summed E-state index contributed by atoms with van der Waals surface area (Å²) in [6, 6.07) is 5.60. The molecule has 0 saturated carbocycles. The van der Waals surface area contributed by atoms with Crippen molar-refractivity contribution < 1.29 is 4.42 Å². The second kappa shape index (κ2) is 2.73. The Hall–Kier alpha value is -1.57. The Morgan fingerprint density at radius 1 is 1.23 bits per heavy atom. The van der Waals surface area contributed by atoms with Crippen molar-refractivity contribution in [2.45, 2.75) is 13.8 Å². The van der Waals surface area contributed by atoms with Crippen molar-refractivity contribution >= 4 is 11.0 Å². The van der Waals surface area contributed by atoms with Crippen molar-refractivity contribution in [3.8, 4) is 0 Å². The molecule has 1 aromatic heterocycles. The van der Waals surface area contributed by atoms with Gasteiger partial charge < -0.3 is 4.42 Å². The van der Waals surface area contributed by atoms with Crippen molar-refractivity contribution in [1.82, 2.24) is 0 Å². The standard InChI is InChI=1S/C11H10O2/c1-7-3-4-9-10(5-7)13-6-8(2)11(9)12/h3-6H,1-2H3. The molecule has 1 aromatic carbocycles. The van der Waals surface area contributed by atoms with Gasteiger partial charge >= 0.3 is 0 Å². The number of fused-ring (bicyclic) bond motifs is 1. The van der Waals surface area contributed by atoms with E-state index in [9.17, 15) is 4.79 Å². The quantitative estimate of drug-likeness (QED) is 0.614. The summed E-state index contributed by atoms with van der Waals surface area (Å²) in [5.74, 6) is 0. The van der Waals surface area contributed by atoms with Crippen LogP contribution < -0.4 is 5.43 Å². The first-order chi connectivity index (χ1) is 6.18. The van der Waals surface area contributed by atoms with Crippen LogP contribution in [0.4, 0.5) is 0 Å². The van der Waals surface area contributed by atoms with Gasteiger partial charge in [-0.1, -0.05) is 6.07 Å². The zero-order valence-corrected chi connectivity index (χ0v) is 7.63. The third-order valence-electron chi connectivity index (χ3n) is 2.10. The molecule has 2 rings (SSSR count). The average molecular weight is 174 g/mol. The summed E-state index contributed by atoms with van der Waals surface area (Å²) in [6.45, 7) is 3.73. The van der Waals surface area contributed by atoms with Gasteiger partial charge in [0.25, 0.3) is 0 Å². The molecular formula is C11H10O2. The van der Waals surface area contributed by atoms with E-state index >= 15 is 0 Å². The molecule has 2 nitrogen and oxygen atoms in total. The molecular weight excluding hydrogens is 164 g/mol. The van der Waals surface area contributed by atoms with Gasteiger partial charge in [0.05, 0.1) is 11.6 Å². The van der Waals surface area contributed by atoms with Crippen molar-refractivity contribution in [3.63, 3.8) is 0 Å². The highest BCUT2D eigenvalue weighted by atomic mass is 16.3. The maximum absolute atomic E-state index is 11.6. The van der Waals surface area contributed by atoms with Gasteiger partial charge in [0, 0.05) is 5.56 Å². The topological polar surface area (TPSA) is 30.2 Å². The van der Waals surface area contributed by atoms with Crippen LogP contribution in [-0.2, 0) is 0 Å². The minimum atomic E-state index is 0.0567. The SMILES string of the molecule is Cc1ccc2c(=O)c(C)coc2c1. The molecule has 0 aliphatic carbocycles. The Labute approximate surface area is 75.8 Å². The minimum absolute atomic E-state index is 0.0567. The fourth-order valence-corrected chi connectivity index (χ4v) is 1.33. The molecule has 0 aliphatic heterocycles. The first-order valence-corrected chi connectivity index (χ1v) is 4.17. The maximum Gasteiger partial charge on any atom is 0.195 e. The molecule has 0 fully saturated rings. The van der Waals surface area contributed by atoms with Gasteiger partial charge in [-0.2, -0.15) is 0 Å². The summed E-state index contributed by atoms with van der Waals surface area (Å²) in [5.41, 5.74) is 2.47. The molecule has 0 amide bonds. The second-order valence-corrected chi connectivity index (χ2v) is 3.25. The van der Waals surface area contributed by atoms with Crippen LogP contribution in [0.25, 0.3) is 11.0 Å². The van der Waals surface area contributed by atoms with E-state index in [1.165, 1.54) is 6.26 Å². The fraction of sp³-hybridized carbons (Fsp3) is 0.182. The van der Waals surface area contributed by atoms with Gasteiger partial charge in [-0.3, -0.25) is 4.79 Å². The van der Waals surface area contributed by atoms with Gasteiger partial charge in [0.1, 0.15) is 5.58 Å². The molecule has 0 N–H and O–H groups in total. The van der Waals surface area contributed by atoms with E-state index in [-0.39, 0.29) is 5.43 Å². The lowest BCUT2D eigenvalue weighted by molar-refractivity contribution is 0.597. The van der Waals surface area contributed by atoms with Crippen molar-refractivity contribution in [1.29, 1.82) is 0 Å². The van der Waals surface area contributed by atoms with Gasteiger partial charge in [0.15, 0.2) is 5.43 Å². The third kappa shape index (κ3) is 1.24. The predicted octanol–water partition coefficient (Wildman–Crippen LogP) is 2.41. The van der Waals surface area contributed by atoms with Crippen LogP contribution in [0.1, 0.15) is 11.1 Å². The summed E-state index contributed by atoms with van der Waals surface area (Å²) < 4.78 is 5.30. The lowest BCUT2D eigenvalue weighted by Gasteiger charge is -1.98. The molecule has 66 valence electrons. The smallest absolute Gasteiger partial charge is 0.195 e. The highest BCUT2D eigenvalue weighted by Crippen LogP contribution is 2.12. The average Bonchev–Trinajstić information content (AvgIpc) is 2.12. The van der Waals surface area contributed by atoms with Crippen molar-refractivity contribution in [2.24, 2.45) is 0 Å². The van der Waals surface area contributed by atoms with Crippen molar-refractivity contribution in [3.05, 3.63) is 45.8 Å². The molecule has 0 radical (unpaired) electrons. The lowest BCUT2D eigenvalue weighted by Crippen LogP contribution is -2.03. The molecule has 0 spiro atoms. The fourth-order valence-electron chi connectivity index (χ4n) is 1.33. The summed E-state index contributed by atoms with van der Waals surface area (Å²) >= 11 is 0. The van der Waals surface area contributed by atoms with Gasteiger partial charge in [-0.15, -0.1) is 0 Å². The van der Waals surface area contributed by atoms with E-state index in [1.54, 1.807) is 6.92 Å². The van der Waals surface area contributed by atoms with Crippen molar-refractivity contribution in [2.75, 3.05) is 0 Å². The number of hydrogen-bond acceptors (Lipinski definition) is 2. The van der Waals surface area contributed by atoms with E-state index in [0.717, 1.165) is 5.56 Å². The predicted molar refractivity (Wildman–Crippen MR) is 52.0 cm³/mol. The molecule has 2 heteroatoms. The van der Waals surface area contributed by atoms with E-state index in [1.807, 2.05) is 25.1 Å². The molecule has 2 aromatic rings. The van der Waals surface area contributed by atoms with Gasteiger partial charge in [0.2, 0.25) is 0 Å². The van der Waals surface area contributed by atoms with Crippen LogP contribution in [-0.4, -0.2) is 0 Å². The van der Waals surface area contributed by atoms with E-state index in [4.69, 9.17) is 4.42 Å². The normalized spacial score (nSPS) is 10.6. The lowest BCUT2D eigenvalue weighted by atomic mass is 10.1. The van der Waals surface area contributed by atoms with Crippen LogP contribution in [0.2, 0.25) is 0 Å². The zero-order valence-electron chi connectivity index (χ0n) is 7.63. The molecule has 0 unspecified atom stereocenters. The van der Waals surface area contributed by atoms with Crippen LogP contribution in [0.5, 0.6) is 0 Å². The number of rotatable bonds is 0. The number of hydrogen-bond donors (Lipinski definition) is 0. The Morgan fingerprint density at radius 2 is 2.00 bits per heavy atom. The molecule has 1 heterocycles. The van der Waals surface area contributed by atoms with Crippen LogP contribution in [0, 0.1) is 13.8 Å². The molecule has 0 aliphatic rings. The first kappa shape index (κ1) is 8.05. The second-order valence-electron chi connectivity index (χ2n) is 3.25. The number of aryl methyl sites for hydroxylation is 2. The highest BCUT2D eigenvalue weighted by molar-refractivity contribution is 5.77. The van der Waals surface area contributed by atoms with Crippen LogP contribution in [0.15, 0.2) is 33.7 Å². The Morgan fingerprint density at radius 3 is 2.77 bits per heavy atom. The molecule has 0 atom stereocenters. The Bertz CT molecular complexity index is 509. The molecule has 13 heavy (non-hydrogen) atoms. The maximum atomic E-state index is 11.6. The van der Waals surface area contributed by atoms with E-state index in [2.05, 4.69) is 0 Å². The summed E-state index contributed by atoms with van der Waals surface area (Å²) in [6.07, 6.45) is 1.50. The highest BCUT2D eigenvalue weighted by Gasteiger charge is 2.02. The largest absolute Gasteiger partial charge is 0.464 e. The summed E-state index contributed by atoms with van der Waals surface area (Å²) in [5, 5.41) is 0.658. The first-order valence-electron chi connectivity index (χ1n) is 4.17. The molecule has 0 bridgehead atoms. The third-order valence-corrected chi connectivity index (χ3v) is 2.10. The summed E-state index contributed by atoms with van der Waals surface area (Å²) in [4.78, 5) is 11.6. The monoisotopic (exact) mass is 174 g/mol. The van der Waals surface area contributed by atoms with Gasteiger partial charge in [-0.05, 0) is 31.5 Å². The minimum Gasteiger partial charge on any atom is -0.464 e. The van der Waals surface area contributed by atoms with E-state index in [0.29, 0.717) is 16.5 Å².